The Balaban J connectivity index is 1.54. The summed E-state index contributed by atoms with van der Waals surface area (Å²) < 4.78 is 15.6. The minimum absolute atomic E-state index is 0.155. The number of carbonyl (C=O) groups is 3. The van der Waals surface area contributed by atoms with Crippen LogP contribution in [0.1, 0.15) is 61.6 Å². The van der Waals surface area contributed by atoms with Gasteiger partial charge in [-0.2, -0.15) is 0 Å². The molecule has 36 heavy (non-hydrogen) atoms. The van der Waals surface area contributed by atoms with Crippen molar-refractivity contribution in [3.8, 4) is 11.5 Å². The van der Waals surface area contributed by atoms with Gasteiger partial charge in [0.05, 0.1) is 26.4 Å². The third-order valence-electron chi connectivity index (χ3n) is 6.08. The highest BCUT2D eigenvalue weighted by Crippen LogP contribution is 2.36. The van der Waals surface area contributed by atoms with Gasteiger partial charge < -0.3 is 24.5 Å². The lowest BCUT2D eigenvalue weighted by atomic mass is 9.81. The molecule has 0 radical (unpaired) electrons. The number of anilines is 1. The van der Waals surface area contributed by atoms with Crippen LogP contribution in [0.4, 0.5) is 5.69 Å². The lowest BCUT2D eigenvalue weighted by Crippen LogP contribution is -2.29. The molecule has 0 bridgehead atoms. The van der Waals surface area contributed by atoms with Crippen LogP contribution in [0.15, 0.2) is 53.3 Å². The maximum atomic E-state index is 13.0. The van der Waals surface area contributed by atoms with Crippen LogP contribution in [0.25, 0.3) is 0 Å². The van der Waals surface area contributed by atoms with Gasteiger partial charge in [0, 0.05) is 23.4 Å². The van der Waals surface area contributed by atoms with Crippen LogP contribution in [0.5, 0.6) is 11.5 Å². The van der Waals surface area contributed by atoms with E-state index in [0.29, 0.717) is 40.4 Å². The molecule has 4 rings (SSSR count). The molecule has 2 aromatic carbocycles. The van der Waals surface area contributed by atoms with Crippen LogP contribution in [-0.2, 0) is 11.2 Å². The summed E-state index contributed by atoms with van der Waals surface area (Å²) in [5.41, 5.74) is 1.69. The summed E-state index contributed by atoms with van der Waals surface area (Å²) in [6.45, 7) is 1.97. The second-order valence-electron chi connectivity index (χ2n) is 8.30. The standard InChI is InChI=1S/C27H26N2O7/c1-4-36-27(33)15-5-8-18(9-6-15)28-25(31)20-14-19-21(29-26(20)32)11-17(12-22(19)30)16-7-10-23(34-2)24(13-16)35-3/h5-10,13-14,17H,4,11-12H2,1-3H3,(H,28,31)(H,29,32). The largest absolute Gasteiger partial charge is 0.493 e. The molecule has 0 saturated carbocycles. The highest BCUT2D eigenvalue weighted by atomic mass is 16.5. The first-order chi connectivity index (χ1) is 17.3. The highest BCUT2D eigenvalue weighted by Gasteiger charge is 2.29. The topological polar surface area (TPSA) is 124 Å². The molecule has 9 heteroatoms. The summed E-state index contributed by atoms with van der Waals surface area (Å²) >= 11 is 0. The SMILES string of the molecule is CCOC(=O)c1ccc(NC(=O)c2cc3c([nH]c2=O)CC(c2ccc(OC)c(OC)c2)CC3=O)cc1. The van der Waals surface area contributed by atoms with E-state index in [2.05, 4.69) is 10.3 Å². The predicted molar refractivity (Wildman–Crippen MR) is 132 cm³/mol. The van der Waals surface area contributed by atoms with Crippen molar-refractivity contribution in [3.63, 3.8) is 0 Å². The number of amides is 1. The van der Waals surface area contributed by atoms with Crippen molar-refractivity contribution in [2.75, 3.05) is 26.1 Å². The number of Topliss-reactive ketones (excluding diaryl/α,β-unsaturated/α-hetero) is 1. The summed E-state index contributed by atoms with van der Waals surface area (Å²) in [6.07, 6.45) is 0.661. The van der Waals surface area contributed by atoms with E-state index in [4.69, 9.17) is 14.2 Å². The molecular formula is C27H26N2O7. The highest BCUT2D eigenvalue weighted by molar-refractivity contribution is 6.07. The summed E-state index contributed by atoms with van der Waals surface area (Å²) in [6, 6.07) is 12.9. The fourth-order valence-corrected chi connectivity index (χ4v) is 4.24. The summed E-state index contributed by atoms with van der Waals surface area (Å²) in [4.78, 5) is 53.1. The Bertz CT molecular complexity index is 1380. The predicted octanol–water partition coefficient (Wildman–Crippen LogP) is 3.73. The van der Waals surface area contributed by atoms with Gasteiger partial charge in [-0.15, -0.1) is 0 Å². The number of aromatic nitrogens is 1. The maximum Gasteiger partial charge on any atom is 0.338 e. The average molecular weight is 491 g/mol. The first-order valence-electron chi connectivity index (χ1n) is 11.4. The van der Waals surface area contributed by atoms with Gasteiger partial charge in [-0.25, -0.2) is 4.79 Å². The number of carbonyl (C=O) groups excluding carboxylic acids is 3. The monoisotopic (exact) mass is 490 g/mol. The van der Waals surface area contributed by atoms with Gasteiger partial charge in [0.15, 0.2) is 17.3 Å². The number of hydrogen-bond acceptors (Lipinski definition) is 7. The lowest BCUT2D eigenvalue weighted by Gasteiger charge is -2.24. The molecule has 0 saturated heterocycles. The van der Waals surface area contributed by atoms with E-state index in [1.807, 2.05) is 12.1 Å². The molecule has 0 spiro atoms. The summed E-state index contributed by atoms with van der Waals surface area (Å²) in [7, 11) is 3.09. The molecule has 1 aliphatic carbocycles. The zero-order valence-electron chi connectivity index (χ0n) is 20.2. The molecule has 186 valence electrons. The van der Waals surface area contributed by atoms with Crippen molar-refractivity contribution >= 4 is 23.3 Å². The number of aromatic amines is 1. The Morgan fingerprint density at radius 2 is 1.69 bits per heavy atom. The van der Waals surface area contributed by atoms with E-state index in [1.54, 1.807) is 27.2 Å². The number of ether oxygens (including phenoxy) is 3. The Labute approximate surface area is 207 Å². The smallest absolute Gasteiger partial charge is 0.338 e. The van der Waals surface area contributed by atoms with E-state index in [1.165, 1.54) is 30.3 Å². The van der Waals surface area contributed by atoms with Crippen molar-refractivity contribution < 1.29 is 28.6 Å². The molecule has 1 atom stereocenters. The van der Waals surface area contributed by atoms with Gasteiger partial charge in [-0.3, -0.25) is 14.4 Å². The first kappa shape index (κ1) is 24.7. The van der Waals surface area contributed by atoms with Crippen molar-refractivity contribution in [2.24, 2.45) is 0 Å². The number of H-pyrrole nitrogens is 1. The number of benzene rings is 2. The van der Waals surface area contributed by atoms with Crippen LogP contribution in [0, 0.1) is 0 Å². The van der Waals surface area contributed by atoms with Gasteiger partial charge in [0.1, 0.15) is 5.56 Å². The van der Waals surface area contributed by atoms with Crippen molar-refractivity contribution in [2.45, 2.75) is 25.7 Å². The van der Waals surface area contributed by atoms with Gasteiger partial charge in [-0.1, -0.05) is 6.07 Å². The van der Waals surface area contributed by atoms with E-state index in [9.17, 15) is 19.2 Å². The number of fused-ring (bicyclic) bond motifs is 1. The maximum absolute atomic E-state index is 13.0. The van der Waals surface area contributed by atoms with Gasteiger partial charge in [0.25, 0.3) is 11.5 Å². The van der Waals surface area contributed by atoms with Crippen molar-refractivity contribution in [3.05, 3.63) is 86.8 Å². The van der Waals surface area contributed by atoms with Crippen molar-refractivity contribution in [1.82, 2.24) is 4.98 Å². The molecular weight excluding hydrogens is 464 g/mol. The molecule has 1 amide bonds. The Morgan fingerprint density at radius 3 is 2.36 bits per heavy atom. The minimum atomic E-state index is -0.655. The normalized spacial score (nSPS) is 14.5. The Morgan fingerprint density at radius 1 is 0.972 bits per heavy atom. The summed E-state index contributed by atoms with van der Waals surface area (Å²) in [5, 5.41) is 2.63. The average Bonchev–Trinajstić information content (AvgIpc) is 2.88. The van der Waals surface area contributed by atoms with Gasteiger partial charge >= 0.3 is 5.97 Å². The molecule has 2 N–H and O–H groups in total. The molecule has 0 aliphatic heterocycles. The zero-order valence-corrected chi connectivity index (χ0v) is 20.2. The number of ketones is 1. The zero-order chi connectivity index (χ0) is 25.8. The number of methoxy groups -OCH3 is 2. The van der Waals surface area contributed by atoms with Crippen LogP contribution < -0.4 is 20.3 Å². The van der Waals surface area contributed by atoms with Gasteiger partial charge in [-0.05, 0) is 67.3 Å². The van der Waals surface area contributed by atoms with E-state index in [0.717, 1.165) is 5.56 Å². The summed E-state index contributed by atoms with van der Waals surface area (Å²) in [5.74, 6) is -0.297. The Kier molecular flexibility index (Phi) is 7.19. The number of nitrogens with one attached hydrogen (secondary N) is 2. The second-order valence-corrected chi connectivity index (χ2v) is 8.30. The fraction of sp³-hybridized carbons (Fsp3) is 0.259. The minimum Gasteiger partial charge on any atom is -0.493 e. The molecule has 1 aromatic heterocycles. The Hall–Kier alpha value is -4.40. The first-order valence-corrected chi connectivity index (χ1v) is 11.4. The van der Waals surface area contributed by atoms with Crippen LogP contribution in [0.2, 0.25) is 0 Å². The third kappa shape index (κ3) is 5.00. The molecule has 0 fully saturated rings. The third-order valence-corrected chi connectivity index (χ3v) is 6.08. The van der Waals surface area contributed by atoms with Crippen molar-refractivity contribution in [1.29, 1.82) is 0 Å². The second kappa shape index (κ2) is 10.5. The van der Waals surface area contributed by atoms with E-state index in [-0.39, 0.29) is 30.3 Å². The molecule has 3 aromatic rings. The quantitative estimate of drug-likeness (QED) is 0.484. The number of hydrogen-bond donors (Lipinski definition) is 2. The number of pyridine rings is 1. The molecule has 9 nitrogen and oxygen atoms in total. The molecule has 1 aliphatic rings. The van der Waals surface area contributed by atoms with E-state index >= 15 is 0 Å². The van der Waals surface area contributed by atoms with Crippen LogP contribution in [-0.4, -0.2) is 43.5 Å². The van der Waals surface area contributed by atoms with E-state index < -0.39 is 17.4 Å². The molecule has 1 heterocycles. The van der Waals surface area contributed by atoms with Gasteiger partial charge in [0.2, 0.25) is 0 Å². The van der Waals surface area contributed by atoms with Crippen LogP contribution in [0.3, 0.4) is 0 Å². The fourth-order valence-electron chi connectivity index (χ4n) is 4.24. The van der Waals surface area contributed by atoms with Crippen LogP contribution >= 0.6 is 0 Å². The lowest BCUT2D eigenvalue weighted by molar-refractivity contribution is 0.0526. The number of rotatable bonds is 7. The molecule has 1 unspecified atom stereocenters. The number of esters is 1.